The molecule has 6 N–H and O–H groups in total. The van der Waals surface area contributed by atoms with Gasteiger partial charge in [0.25, 0.3) is 0 Å². The molecule has 0 aromatic carbocycles. The Bertz CT molecular complexity index is 464. The van der Waals surface area contributed by atoms with E-state index in [0.717, 1.165) is 6.92 Å². The molecule has 0 saturated carbocycles. The van der Waals surface area contributed by atoms with Crippen molar-refractivity contribution < 1.29 is 34.2 Å². The van der Waals surface area contributed by atoms with Crippen LogP contribution in [-0.4, -0.2) is 52.0 Å². The van der Waals surface area contributed by atoms with E-state index >= 15 is 0 Å². The summed E-state index contributed by atoms with van der Waals surface area (Å²) in [6.45, 7) is 1.16. The molecule has 0 aliphatic rings. The van der Waals surface area contributed by atoms with Crippen molar-refractivity contribution in [2.75, 3.05) is 0 Å². The zero-order valence-corrected chi connectivity index (χ0v) is 12.0. The van der Waals surface area contributed by atoms with E-state index in [2.05, 4.69) is 10.6 Å². The highest BCUT2D eigenvalue weighted by Crippen LogP contribution is 2.02. The minimum atomic E-state index is -1.41. The van der Waals surface area contributed by atoms with Crippen molar-refractivity contribution in [2.45, 2.75) is 44.7 Å². The van der Waals surface area contributed by atoms with Crippen molar-refractivity contribution >= 4 is 29.7 Å². The van der Waals surface area contributed by atoms with E-state index in [9.17, 15) is 24.0 Å². The van der Waals surface area contributed by atoms with Gasteiger partial charge in [-0.1, -0.05) is 0 Å². The van der Waals surface area contributed by atoms with Crippen LogP contribution >= 0.6 is 0 Å². The van der Waals surface area contributed by atoms with Crippen LogP contribution < -0.4 is 16.4 Å². The molecule has 0 radical (unpaired) electrons. The number of carbonyl (C=O) groups excluding carboxylic acids is 3. The molecule has 0 aliphatic heterocycles. The average Bonchev–Trinajstić information content (AvgIpc) is 2.37. The lowest BCUT2D eigenvalue weighted by Gasteiger charge is -2.20. The summed E-state index contributed by atoms with van der Waals surface area (Å²) < 4.78 is 0. The highest BCUT2D eigenvalue weighted by atomic mass is 16.4. The van der Waals surface area contributed by atoms with E-state index < -0.39 is 48.2 Å². The van der Waals surface area contributed by atoms with Crippen LogP contribution in [0.1, 0.15) is 32.6 Å². The maximum absolute atomic E-state index is 12.0. The fraction of sp³-hybridized carbons (Fsp3) is 0.583. The summed E-state index contributed by atoms with van der Waals surface area (Å²) in [6.07, 6.45) is -1.01. The van der Waals surface area contributed by atoms with Crippen LogP contribution in [-0.2, 0) is 24.0 Å². The molecule has 0 aromatic heterocycles. The third-order valence-electron chi connectivity index (χ3n) is 2.63. The van der Waals surface area contributed by atoms with Crippen molar-refractivity contribution in [1.29, 1.82) is 0 Å². The van der Waals surface area contributed by atoms with E-state index in [-0.39, 0.29) is 19.3 Å². The maximum Gasteiger partial charge on any atom is 0.326 e. The van der Waals surface area contributed by atoms with E-state index in [1.807, 2.05) is 0 Å². The lowest BCUT2D eigenvalue weighted by Crippen LogP contribution is -2.51. The van der Waals surface area contributed by atoms with Crippen LogP contribution in [0.2, 0.25) is 0 Å². The molecule has 0 heterocycles. The second-order valence-electron chi connectivity index (χ2n) is 4.59. The van der Waals surface area contributed by atoms with E-state index in [0.29, 0.717) is 0 Å². The Morgan fingerprint density at radius 1 is 0.955 bits per heavy atom. The molecule has 0 fully saturated rings. The fourth-order valence-electron chi connectivity index (χ4n) is 1.60. The molecule has 0 unspecified atom stereocenters. The number of amides is 3. The molecule has 10 nitrogen and oxygen atoms in total. The number of hydrogen-bond acceptors (Lipinski definition) is 5. The fourth-order valence-corrected chi connectivity index (χ4v) is 1.60. The van der Waals surface area contributed by atoms with Gasteiger partial charge in [-0.2, -0.15) is 0 Å². The second-order valence-corrected chi connectivity index (χ2v) is 4.59. The summed E-state index contributed by atoms with van der Waals surface area (Å²) in [5.41, 5.74) is 4.96. The number of carboxylic acids is 2. The lowest BCUT2D eigenvalue weighted by molar-refractivity contribution is -0.143. The predicted octanol–water partition coefficient (Wildman–Crippen LogP) is -1.81. The standard InChI is InChI=1S/C12H19N3O7/c1-6(16)14-7(2-4-9(13)17)11(20)15-8(12(21)22)3-5-10(18)19/h7-8H,2-5H2,1H3,(H2,13,17)(H,14,16)(H,15,20)(H,18,19)(H,21,22)/t7-,8-/m0/s1. The molecule has 0 saturated heterocycles. The van der Waals surface area contributed by atoms with Crippen molar-refractivity contribution in [2.24, 2.45) is 5.73 Å². The molecule has 22 heavy (non-hydrogen) atoms. The molecule has 0 aromatic rings. The number of primary amides is 1. The third kappa shape index (κ3) is 8.51. The van der Waals surface area contributed by atoms with Gasteiger partial charge in [0.2, 0.25) is 17.7 Å². The van der Waals surface area contributed by atoms with Gasteiger partial charge < -0.3 is 26.6 Å². The number of rotatable bonds is 10. The SMILES string of the molecule is CC(=O)N[C@@H](CCC(N)=O)C(=O)N[C@@H](CCC(=O)O)C(=O)O. The van der Waals surface area contributed by atoms with E-state index in [4.69, 9.17) is 15.9 Å². The summed E-state index contributed by atoms with van der Waals surface area (Å²) in [7, 11) is 0. The van der Waals surface area contributed by atoms with Gasteiger partial charge in [-0.25, -0.2) is 4.79 Å². The van der Waals surface area contributed by atoms with Crippen molar-refractivity contribution in [3.8, 4) is 0 Å². The van der Waals surface area contributed by atoms with Gasteiger partial charge in [0.1, 0.15) is 12.1 Å². The molecule has 124 valence electrons. The molecule has 10 heteroatoms. The molecule has 3 amide bonds. The molecule has 0 aliphatic carbocycles. The molecular formula is C12H19N3O7. The smallest absolute Gasteiger partial charge is 0.326 e. The first kappa shape index (κ1) is 19.4. The monoisotopic (exact) mass is 317 g/mol. The summed E-state index contributed by atoms with van der Waals surface area (Å²) >= 11 is 0. The number of aliphatic carboxylic acids is 2. The van der Waals surface area contributed by atoms with Crippen molar-refractivity contribution in [3.05, 3.63) is 0 Å². The van der Waals surface area contributed by atoms with Crippen LogP contribution in [0.25, 0.3) is 0 Å². The zero-order chi connectivity index (χ0) is 17.3. The van der Waals surface area contributed by atoms with Crippen LogP contribution in [0.4, 0.5) is 0 Å². The first-order valence-electron chi connectivity index (χ1n) is 6.43. The topological polar surface area (TPSA) is 176 Å². The Balaban J connectivity index is 4.79. The minimum Gasteiger partial charge on any atom is -0.481 e. The first-order valence-corrected chi connectivity index (χ1v) is 6.43. The third-order valence-corrected chi connectivity index (χ3v) is 2.63. The average molecular weight is 317 g/mol. The van der Waals surface area contributed by atoms with Crippen molar-refractivity contribution in [3.63, 3.8) is 0 Å². The van der Waals surface area contributed by atoms with Gasteiger partial charge >= 0.3 is 11.9 Å². The summed E-state index contributed by atoms with van der Waals surface area (Å²) in [4.78, 5) is 55.2. The van der Waals surface area contributed by atoms with Gasteiger partial charge in [0.05, 0.1) is 0 Å². The molecule has 0 spiro atoms. The maximum atomic E-state index is 12.0. The highest BCUT2D eigenvalue weighted by Gasteiger charge is 2.26. The van der Waals surface area contributed by atoms with Gasteiger partial charge in [-0.3, -0.25) is 19.2 Å². The Labute approximate surface area is 126 Å². The highest BCUT2D eigenvalue weighted by molar-refractivity contribution is 5.90. The number of nitrogens with two attached hydrogens (primary N) is 1. The lowest BCUT2D eigenvalue weighted by atomic mass is 10.1. The van der Waals surface area contributed by atoms with Crippen molar-refractivity contribution in [1.82, 2.24) is 10.6 Å². The Hall–Kier alpha value is -2.65. The number of carbonyl (C=O) groups is 5. The Morgan fingerprint density at radius 2 is 1.50 bits per heavy atom. The van der Waals surface area contributed by atoms with Gasteiger partial charge in [-0.15, -0.1) is 0 Å². The largest absolute Gasteiger partial charge is 0.481 e. The van der Waals surface area contributed by atoms with Gasteiger partial charge in [-0.05, 0) is 12.8 Å². The molecule has 0 rings (SSSR count). The van der Waals surface area contributed by atoms with Gasteiger partial charge in [0.15, 0.2) is 0 Å². The van der Waals surface area contributed by atoms with Gasteiger partial charge in [0, 0.05) is 19.8 Å². The second kappa shape index (κ2) is 9.32. The first-order chi connectivity index (χ1) is 10.1. The molecular weight excluding hydrogens is 298 g/mol. The van der Waals surface area contributed by atoms with Crippen LogP contribution in [0.5, 0.6) is 0 Å². The summed E-state index contributed by atoms with van der Waals surface area (Å²) in [6, 6.07) is -2.54. The van der Waals surface area contributed by atoms with Crippen LogP contribution in [0.15, 0.2) is 0 Å². The van der Waals surface area contributed by atoms with E-state index in [1.165, 1.54) is 0 Å². The zero-order valence-electron chi connectivity index (χ0n) is 12.0. The summed E-state index contributed by atoms with van der Waals surface area (Å²) in [5, 5.41) is 21.9. The number of nitrogens with one attached hydrogen (secondary N) is 2. The molecule has 2 atom stereocenters. The Morgan fingerprint density at radius 3 is 1.91 bits per heavy atom. The predicted molar refractivity (Wildman–Crippen MR) is 72.5 cm³/mol. The number of carboxylic acid groups (broad SMARTS) is 2. The van der Waals surface area contributed by atoms with Crippen LogP contribution in [0, 0.1) is 0 Å². The normalized spacial score (nSPS) is 12.8. The number of hydrogen-bond donors (Lipinski definition) is 5. The van der Waals surface area contributed by atoms with E-state index in [1.54, 1.807) is 0 Å². The quantitative estimate of drug-likeness (QED) is 0.315. The summed E-state index contributed by atoms with van der Waals surface area (Å²) in [5.74, 6) is -4.64. The van der Waals surface area contributed by atoms with Crippen LogP contribution in [0.3, 0.4) is 0 Å². The molecule has 0 bridgehead atoms. The minimum absolute atomic E-state index is 0.0913. The Kier molecular flexibility index (Phi) is 8.19.